The molecule has 0 fully saturated rings. The fourth-order valence-electron chi connectivity index (χ4n) is 1.64. The Bertz CT molecular complexity index is 460. The van der Waals surface area contributed by atoms with E-state index in [0.29, 0.717) is 23.7 Å². The van der Waals surface area contributed by atoms with Gasteiger partial charge in [0.2, 0.25) is 0 Å². The lowest BCUT2D eigenvalue weighted by molar-refractivity contribution is -0.133. The molecule has 21 heavy (non-hydrogen) atoms. The monoisotopic (exact) mass is 295 g/mol. The van der Waals surface area contributed by atoms with Crippen molar-refractivity contribution in [2.75, 3.05) is 20.3 Å². The normalized spacial score (nSPS) is 10.6. The van der Waals surface area contributed by atoms with Crippen LogP contribution in [-0.2, 0) is 11.4 Å². The van der Waals surface area contributed by atoms with E-state index in [0.717, 1.165) is 6.42 Å². The molecule has 0 saturated heterocycles. The summed E-state index contributed by atoms with van der Waals surface area (Å²) in [4.78, 5) is 13.5. The molecule has 0 radical (unpaired) electrons. The van der Waals surface area contributed by atoms with Gasteiger partial charge in [0.1, 0.15) is 11.5 Å². The molecule has 1 N–H and O–H groups in total. The van der Waals surface area contributed by atoms with E-state index in [1.165, 1.54) is 0 Å². The minimum atomic E-state index is -0.141. The van der Waals surface area contributed by atoms with Crippen LogP contribution in [-0.4, -0.2) is 42.2 Å². The third kappa shape index (κ3) is 5.27. The number of rotatable bonds is 8. The van der Waals surface area contributed by atoms with Crippen molar-refractivity contribution in [3.63, 3.8) is 0 Å². The van der Waals surface area contributed by atoms with Gasteiger partial charge in [-0.1, -0.05) is 6.92 Å². The molecule has 0 unspecified atom stereocenters. The van der Waals surface area contributed by atoms with Crippen molar-refractivity contribution in [2.45, 2.75) is 39.8 Å². The molecular weight excluding hydrogens is 270 g/mol. The first-order valence-corrected chi connectivity index (χ1v) is 7.24. The van der Waals surface area contributed by atoms with Crippen LogP contribution in [0.25, 0.3) is 0 Å². The number of benzene rings is 1. The predicted molar refractivity (Wildman–Crippen MR) is 81.6 cm³/mol. The molecule has 0 spiro atoms. The molecular formula is C16H25NO4. The third-order valence-electron chi connectivity index (χ3n) is 3.20. The molecule has 0 aromatic heterocycles. The van der Waals surface area contributed by atoms with Crippen molar-refractivity contribution in [3.05, 3.63) is 23.8 Å². The maximum atomic E-state index is 11.9. The molecule has 1 aromatic carbocycles. The number of ether oxygens (including phenoxy) is 2. The molecule has 0 saturated carbocycles. The van der Waals surface area contributed by atoms with Gasteiger partial charge in [-0.2, -0.15) is 0 Å². The van der Waals surface area contributed by atoms with E-state index in [1.807, 2.05) is 20.8 Å². The van der Waals surface area contributed by atoms with E-state index in [4.69, 9.17) is 9.47 Å². The Kier molecular flexibility index (Phi) is 7.02. The van der Waals surface area contributed by atoms with E-state index < -0.39 is 0 Å². The Morgan fingerprint density at radius 2 is 2.05 bits per heavy atom. The molecule has 1 amide bonds. The van der Waals surface area contributed by atoms with Crippen LogP contribution in [0.1, 0.15) is 32.8 Å². The summed E-state index contributed by atoms with van der Waals surface area (Å²) in [5.74, 6) is 1.05. The third-order valence-corrected chi connectivity index (χ3v) is 3.20. The van der Waals surface area contributed by atoms with Crippen LogP contribution < -0.4 is 9.47 Å². The number of aliphatic hydroxyl groups excluding tert-OH is 1. The van der Waals surface area contributed by atoms with E-state index in [1.54, 1.807) is 30.1 Å². The average molecular weight is 295 g/mol. The van der Waals surface area contributed by atoms with Crippen molar-refractivity contribution < 1.29 is 19.4 Å². The highest BCUT2D eigenvalue weighted by atomic mass is 16.5. The maximum Gasteiger partial charge on any atom is 0.260 e. The molecule has 1 rings (SSSR count). The molecule has 0 aliphatic rings. The van der Waals surface area contributed by atoms with Crippen molar-refractivity contribution >= 4 is 5.91 Å². The van der Waals surface area contributed by atoms with E-state index in [9.17, 15) is 9.90 Å². The number of likely N-dealkylation sites (N-methyl/N-ethyl adjacent to an activating group) is 1. The van der Waals surface area contributed by atoms with Gasteiger partial charge in [0.15, 0.2) is 6.61 Å². The standard InChI is InChI=1S/C16H25NO4/c1-5-8-20-14-7-6-13(10-18)15(9-14)21-11-16(19)17(4)12(2)3/h6-7,9,12,18H,5,8,10-11H2,1-4H3. The number of carbonyl (C=O) groups excluding carboxylic acids is 1. The number of carbonyl (C=O) groups is 1. The van der Waals surface area contributed by atoms with Gasteiger partial charge in [-0.3, -0.25) is 4.79 Å². The molecule has 0 aliphatic carbocycles. The van der Waals surface area contributed by atoms with Gasteiger partial charge in [0.05, 0.1) is 13.2 Å². The van der Waals surface area contributed by atoms with Crippen LogP contribution in [0.5, 0.6) is 11.5 Å². The van der Waals surface area contributed by atoms with Crippen molar-refractivity contribution in [3.8, 4) is 11.5 Å². The van der Waals surface area contributed by atoms with Gasteiger partial charge in [-0.25, -0.2) is 0 Å². The highest BCUT2D eigenvalue weighted by Gasteiger charge is 2.14. The SMILES string of the molecule is CCCOc1ccc(CO)c(OCC(=O)N(C)C(C)C)c1. The minimum Gasteiger partial charge on any atom is -0.493 e. The fourth-order valence-corrected chi connectivity index (χ4v) is 1.64. The van der Waals surface area contributed by atoms with Crippen LogP contribution >= 0.6 is 0 Å². The van der Waals surface area contributed by atoms with Gasteiger partial charge in [-0.15, -0.1) is 0 Å². The molecule has 0 atom stereocenters. The summed E-state index contributed by atoms with van der Waals surface area (Å²) >= 11 is 0. The van der Waals surface area contributed by atoms with Crippen molar-refractivity contribution in [1.82, 2.24) is 4.90 Å². The Hall–Kier alpha value is -1.75. The van der Waals surface area contributed by atoms with E-state index >= 15 is 0 Å². The summed E-state index contributed by atoms with van der Waals surface area (Å²) in [6.07, 6.45) is 0.912. The summed E-state index contributed by atoms with van der Waals surface area (Å²) in [6, 6.07) is 5.37. The number of aliphatic hydroxyl groups is 1. The molecule has 5 nitrogen and oxygen atoms in total. The Labute approximate surface area is 126 Å². The topological polar surface area (TPSA) is 59.0 Å². The molecule has 1 aromatic rings. The smallest absolute Gasteiger partial charge is 0.260 e. The molecule has 0 aliphatic heterocycles. The number of nitrogens with zero attached hydrogens (tertiary/aromatic N) is 1. The summed E-state index contributed by atoms with van der Waals surface area (Å²) in [5.41, 5.74) is 0.638. The number of amides is 1. The van der Waals surface area contributed by atoms with Gasteiger partial charge >= 0.3 is 0 Å². The second-order valence-corrected chi connectivity index (χ2v) is 5.16. The quantitative estimate of drug-likeness (QED) is 0.799. The highest BCUT2D eigenvalue weighted by molar-refractivity contribution is 5.77. The first-order chi connectivity index (χ1) is 9.99. The first kappa shape index (κ1) is 17.3. The predicted octanol–water partition coefficient (Wildman–Crippen LogP) is 2.21. The Balaban J connectivity index is 2.73. The average Bonchev–Trinajstić information content (AvgIpc) is 2.49. The highest BCUT2D eigenvalue weighted by Crippen LogP contribution is 2.25. The summed E-state index contributed by atoms with van der Waals surface area (Å²) in [6.45, 7) is 6.33. The van der Waals surface area contributed by atoms with Crippen LogP contribution in [0.3, 0.4) is 0 Å². The lowest BCUT2D eigenvalue weighted by atomic mass is 10.2. The Morgan fingerprint density at radius 1 is 1.33 bits per heavy atom. The summed E-state index contributed by atoms with van der Waals surface area (Å²) in [7, 11) is 1.74. The molecule has 0 bridgehead atoms. The van der Waals surface area contributed by atoms with Crippen molar-refractivity contribution in [1.29, 1.82) is 0 Å². The lowest BCUT2D eigenvalue weighted by Gasteiger charge is -2.22. The minimum absolute atomic E-state index is 0.0566. The van der Waals surface area contributed by atoms with Crippen LogP contribution in [0.4, 0.5) is 0 Å². The zero-order chi connectivity index (χ0) is 15.8. The van der Waals surface area contributed by atoms with E-state index in [-0.39, 0.29) is 25.2 Å². The van der Waals surface area contributed by atoms with Gasteiger partial charge in [0.25, 0.3) is 5.91 Å². The summed E-state index contributed by atoms with van der Waals surface area (Å²) in [5, 5.41) is 9.33. The summed E-state index contributed by atoms with van der Waals surface area (Å²) < 4.78 is 11.1. The Morgan fingerprint density at radius 3 is 2.62 bits per heavy atom. The van der Waals surface area contributed by atoms with Crippen LogP contribution in [0.15, 0.2) is 18.2 Å². The number of hydrogen-bond acceptors (Lipinski definition) is 4. The largest absolute Gasteiger partial charge is 0.493 e. The number of hydrogen-bond donors (Lipinski definition) is 1. The second-order valence-electron chi connectivity index (χ2n) is 5.16. The molecule has 0 heterocycles. The van der Waals surface area contributed by atoms with Gasteiger partial charge in [0, 0.05) is 24.7 Å². The fraction of sp³-hybridized carbons (Fsp3) is 0.562. The van der Waals surface area contributed by atoms with Gasteiger partial charge < -0.3 is 19.5 Å². The van der Waals surface area contributed by atoms with Gasteiger partial charge in [-0.05, 0) is 32.4 Å². The maximum absolute atomic E-state index is 11.9. The zero-order valence-corrected chi connectivity index (χ0v) is 13.3. The van der Waals surface area contributed by atoms with E-state index in [2.05, 4.69) is 0 Å². The van der Waals surface area contributed by atoms with Crippen LogP contribution in [0.2, 0.25) is 0 Å². The first-order valence-electron chi connectivity index (χ1n) is 7.24. The molecule has 5 heteroatoms. The second kappa shape index (κ2) is 8.52. The lowest BCUT2D eigenvalue weighted by Crippen LogP contribution is -2.36. The molecule has 118 valence electrons. The van der Waals surface area contributed by atoms with Crippen LogP contribution in [0, 0.1) is 0 Å². The van der Waals surface area contributed by atoms with Crippen molar-refractivity contribution in [2.24, 2.45) is 0 Å². The zero-order valence-electron chi connectivity index (χ0n) is 13.3.